The molecule has 0 bridgehead atoms. The van der Waals surface area contributed by atoms with Crippen LogP contribution in [-0.4, -0.2) is 31.5 Å². The number of halogens is 3. The van der Waals surface area contributed by atoms with E-state index in [9.17, 15) is 21.6 Å². The third-order valence-electron chi connectivity index (χ3n) is 2.61. The Morgan fingerprint density at radius 2 is 2.05 bits per heavy atom. The zero-order chi connectivity index (χ0) is 16.3. The molecule has 1 aromatic heterocycles. The van der Waals surface area contributed by atoms with Gasteiger partial charge in [0.15, 0.2) is 0 Å². The van der Waals surface area contributed by atoms with Gasteiger partial charge in [0.1, 0.15) is 27.4 Å². The molecule has 1 unspecified atom stereocenters. The second-order valence-corrected chi connectivity index (χ2v) is 6.93. The van der Waals surface area contributed by atoms with E-state index >= 15 is 0 Å². The second-order valence-electron chi connectivity index (χ2n) is 4.67. The molecule has 0 aliphatic carbocycles. The number of sulfone groups is 1. The maximum absolute atomic E-state index is 12.6. The first-order chi connectivity index (χ1) is 9.53. The standard InChI is InChI=1S/C12H14F3N3O2S/c1-8(5-6-21(2,19)20)17-11-9(7-16)3-4-10(18-11)12(13,14)15/h3-4,8H,5-6H2,1-2H3,(H,17,18). The van der Waals surface area contributed by atoms with Crippen molar-refractivity contribution in [2.75, 3.05) is 17.3 Å². The zero-order valence-corrected chi connectivity index (χ0v) is 12.2. The molecule has 0 aromatic carbocycles. The van der Waals surface area contributed by atoms with Crippen LogP contribution in [0, 0.1) is 11.3 Å². The molecule has 1 atom stereocenters. The van der Waals surface area contributed by atoms with Gasteiger partial charge in [-0.1, -0.05) is 0 Å². The normalized spacial score (nSPS) is 13.5. The first-order valence-corrected chi connectivity index (χ1v) is 8.01. The number of nitrogens with zero attached hydrogens (tertiary/aromatic N) is 2. The number of nitrogens with one attached hydrogen (secondary N) is 1. The first kappa shape index (κ1) is 17.2. The Balaban J connectivity index is 2.93. The van der Waals surface area contributed by atoms with Crippen molar-refractivity contribution in [3.63, 3.8) is 0 Å². The number of hydrogen-bond donors (Lipinski definition) is 1. The lowest BCUT2D eigenvalue weighted by Gasteiger charge is -2.16. The first-order valence-electron chi connectivity index (χ1n) is 5.95. The van der Waals surface area contributed by atoms with Crippen molar-refractivity contribution < 1.29 is 21.6 Å². The number of pyridine rings is 1. The molecular weight excluding hydrogens is 307 g/mol. The maximum Gasteiger partial charge on any atom is 0.433 e. The quantitative estimate of drug-likeness (QED) is 0.899. The minimum absolute atomic E-state index is 0.0331. The van der Waals surface area contributed by atoms with Crippen molar-refractivity contribution >= 4 is 15.7 Å². The van der Waals surface area contributed by atoms with Gasteiger partial charge in [-0.05, 0) is 25.5 Å². The molecule has 116 valence electrons. The SMILES string of the molecule is CC(CCS(C)(=O)=O)Nc1nc(C(F)(F)F)ccc1C#N. The number of nitriles is 1. The lowest BCUT2D eigenvalue weighted by atomic mass is 10.2. The molecule has 1 N–H and O–H groups in total. The van der Waals surface area contributed by atoms with Crippen LogP contribution in [0.15, 0.2) is 12.1 Å². The van der Waals surface area contributed by atoms with E-state index < -0.39 is 27.7 Å². The van der Waals surface area contributed by atoms with Crippen LogP contribution in [0.5, 0.6) is 0 Å². The fourth-order valence-corrected chi connectivity index (χ4v) is 2.30. The predicted molar refractivity (Wildman–Crippen MR) is 71.4 cm³/mol. The number of hydrogen-bond acceptors (Lipinski definition) is 5. The number of alkyl halides is 3. The summed E-state index contributed by atoms with van der Waals surface area (Å²) < 4.78 is 59.9. The van der Waals surface area contributed by atoms with Gasteiger partial charge in [0.2, 0.25) is 0 Å². The third-order valence-corrected chi connectivity index (χ3v) is 3.59. The molecular formula is C12H14F3N3O2S. The fourth-order valence-electron chi connectivity index (χ4n) is 1.51. The molecule has 0 fully saturated rings. The van der Waals surface area contributed by atoms with Crippen molar-refractivity contribution in [1.29, 1.82) is 5.26 Å². The van der Waals surface area contributed by atoms with E-state index in [1.165, 1.54) is 0 Å². The number of anilines is 1. The van der Waals surface area contributed by atoms with Crippen molar-refractivity contribution in [3.05, 3.63) is 23.4 Å². The molecule has 1 heterocycles. The predicted octanol–water partition coefficient (Wildman–Crippen LogP) is 2.21. The lowest BCUT2D eigenvalue weighted by Crippen LogP contribution is -2.21. The van der Waals surface area contributed by atoms with Gasteiger partial charge in [-0.2, -0.15) is 18.4 Å². The van der Waals surface area contributed by atoms with Crippen LogP contribution in [0.1, 0.15) is 24.6 Å². The molecule has 0 saturated carbocycles. The minimum atomic E-state index is -4.61. The summed E-state index contributed by atoms with van der Waals surface area (Å²) in [6.45, 7) is 1.61. The zero-order valence-electron chi connectivity index (χ0n) is 11.4. The molecule has 0 aliphatic heterocycles. The Bertz CT molecular complexity index is 651. The summed E-state index contributed by atoms with van der Waals surface area (Å²) >= 11 is 0. The summed E-state index contributed by atoms with van der Waals surface area (Å²) in [5.41, 5.74) is -1.14. The second kappa shape index (κ2) is 6.30. The van der Waals surface area contributed by atoms with Crippen molar-refractivity contribution in [3.8, 4) is 6.07 Å². The highest BCUT2D eigenvalue weighted by atomic mass is 32.2. The summed E-state index contributed by atoms with van der Waals surface area (Å²) in [6.07, 6.45) is -3.34. The Kier molecular flexibility index (Phi) is 5.17. The summed E-state index contributed by atoms with van der Waals surface area (Å²) in [6, 6.07) is 3.06. The summed E-state index contributed by atoms with van der Waals surface area (Å²) in [5.74, 6) is -0.310. The molecule has 5 nitrogen and oxygen atoms in total. The molecule has 0 saturated heterocycles. The Morgan fingerprint density at radius 1 is 1.43 bits per heavy atom. The van der Waals surface area contributed by atoms with Gasteiger partial charge >= 0.3 is 6.18 Å². The topological polar surface area (TPSA) is 82.8 Å². The van der Waals surface area contributed by atoms with Gasteiger partial charge in [0.25, 0.3) is 0 Å². The van der Waals surface area contributed by atoms with E-state index in [2.05, 4.69) is 10.3 Å². The van der Waals surface area contributed by atoms with E-state index in [4.69, 9.17) is 5.26 Å². The van der Waals surface area contributed by atoms with Gasteiger partial charge in [0, 0.05) is 12.3 Å². The highest BCUT2D eigenvalue weighted by Crippen LogP contribution is 2.29. The Hall–Kier alpha value is -1.82. The molecule has 1 rings (SSSR count). The van der Waals surface area contributed by atoms with Gasteiger partial charge in [-0.15, -0.1) is 0 Å². The monoisotopic (exact) mass is 321 g/mol. The van der Waals surface area contributed by atoms with E-state index in [0.717, 1.165) is 18.4 Å². The largest absolute Gasteiger partial charge is 0.433 e. The fraction of sp³-hybridized carbons (Fsp3) is 0.500. The van der Waals surface area contributed by atoms with E-state index in [0.29, 0.717) is 0 Å². The molecule has 21 heavy (non-hydrogen) atoms. The van der Waals surface area contributed by atoms with Crippen LogP contribution >= 0.6 is 0 Å². The maximum atomic E-state index is 12.6. The Morgan fingerprint density at radius 3 is 2.52 bits per heavy atom. The van der Waals surface area contributed by atoms with Gasteiger partial charge in [0.05, 0.1) is 11.3 Å². The average molecular weight is 321 g/mol. The highest BCUT2D eigenvalue weighted by molar-refractivity contribution is 7.90. The molecule has 0 amide bonds. The average Bonchev–Trinajstić information content (AvgIpc) is 2.34. The van der Waals surface area contributed by atoms with Crippen molar-refractivity contribution in [2.24, 2.45) is 0 Å². The Labute approximate surface area is 120 Å². The van der Waals surface area contributed by atoms with Crippen LogP contribution in [0.25, 0.3) is 0 Å². The van der Waals surface area contributed by atoms with Crippen LogP contribution in [-0.2, 0) is 16.0 Å². The summed E-state index contributed by atoms with van der Waals surface area (Å²) in [7, 11) is -3.16. The highest BCUT2D eigenvalue weighted by Gasteiger charge is 2.33. The number of aromatic nitrogens is 1. The molecule has 0 radical (unpaired) electrons. The van der Waals surface area contributed by atoms with Crippen molar-refractivity contribution in [1.82, 2.24) is 4.98 Å². The van der Waals surface area contributed by atoms with Gasteiger partial charge in [-0.3, -0.25) is 0 Å². The molecule has 9 heteroatoms. The van der Waals surface area contributed by atoms with Crippen LogP contribution in [0.3, 0.4) is 0 Å². The van der Waals surface area contributed by atoms with Crippen LogP contribution in [0.2, 0.25) is 0 Å². The number of rotatable bonds is 5. The smallest absolute Gasteiger partial charge is 0.366 e. The van der Waals surface area contributed by atoms with E-state index in [1.54, 1.807) is 13.0 Å². The summed E-state index contributed by atoms with van der Waals surface area (Å²) in [4.78, 5) is 3.39. The third kappa shape index (κ3) is 5.59. The van der Waals surface area contributed by atoms with Gasteiger partial charge in [-0.25, -0.2) is 13.4 Å². The van der Waals surface area contributed by atoms with Crippen LogP contribution < -0.4 is 5.32 Å². The molecule has 1 aromatic rings. The molecule has 0 aliphatic rings. The molecule has 0 spiro atoms. The van der Waals surface area contributed by atoms with E-state index in [-0.39, 0.29) is 23.6 Å². The minimum Gasteiger partial charge on any atom is -0.366 e. The summed E-state index contributed by atoms with van der Waals surface area (Å²) in [5, 5.41) is 11.5. The van der Waals surface area contributed by atoms with E-state index in [1.807, 2.05) is 0 Å². The van der Waals surface area contributed by atoms with Crippen molar-refractivity contribution in [2.45, 2.75) is 25.6 Å². The van der Waals surface area contributed by atoms with Crippen LogP contribution in [0.4, 0.5) is 19.0 Å². The van der Waals surface area contributed by atoms with Gasteiger partial charge < -0.3 is 5.32 Å². The lowest BCUT2D eigenvalue weighted by molar-refractivity contribution is -0.141.